The van der Waals surface area contributed by atoms with Crippen LogP contribution in [0, 0.1) is 17.6 Å². The summed E-state index contributed by atoms with van der Waals surface area (Å²) < 4.78 is 36.0. The summed E-state index contributed by atoms with van der Waals surface area (Å²) in [5, 5.41) is 10.1. The van der Waals surface area contributed by atoms with Crippen molar-refractivity contribution in [3.8, 4) is 17.0 Å². The van der Waals surface area contributed by atoms with Gasteiger partial charge in [-0.05, 0) is 113 Å². The van der Waals surface area contributed by atoms with Crippen molar-refractivity contribution in [1.82, 2.24) is 25.1 Å². The molecule has 3 N–H and O–H groups in total. The summed E-state index contributed by atoms with van der Waals surface area (Å²) in [6.45, 7) is 13.2. The van der Waals surface area contributed by atoms with E-state index in [0.717, 1.165) is 50.3 Å². The Bertz CT molecular complexity index is 1550. The number of aromatic nitrogens is 2. The number of methoxy groups -OCH3 is 1. The van der Waals surface area contributed by atoms with Crippen LogP contribution < -0.4 is 20.7 Å². The van der Waals surface area contributed by atoms with Gasteiger partial charge < -0.3 is 25.6 Å². The second-order valence-electron chi connectivity index (χ2n) is 12.2. The molecule has 10 heteroatoms. The summed E-state index contributed by atoms with van der Waals surface area (Å²) in [5.41, 5.74) is 3.20. The standard InChI is InChI=1S/C36H46F2N6O2/c1-5-17-44-31(30-11-12-32(46-4)34(38)33(30)37)23-40-35(44)24(3)42-28-9-10-29(26(6-2)21-28)36(45)41-22-25-13-18-43(19-14-25)20-15-27-8-7-16-39-27/h5,9-12,17,21,23,25,27,39,42H,3,6-8,13-16,18-20,22H2,1-2,4H3,(H,41,45)/b17-5-. The zero-order valence-corrected chi connectivity index (χ0v) is 27.2. The van der Waals surface area contributed by atoms with Crippen LogP contribution in [0.3, 0.4) is 0 Å². The maximum atomic E-state index is 15.0. The summed E-state index contributed by atoms with van der Waals surface area (Å²) in [7, 11) is 1.29. The highest BCUT2D eigenvalue weighted by Gasteiger charge is 2.23. The SMILES string of the molecule is C=C(Nc1ccc(C(=O)NCC2CCN(CCC3CCCN3)CC2)c(CC)c1)c1ncc(-c2ccc(OC)c(F)c2F)n1/C=C\C. The zero-order chi connectivity index (χ0) is 32.6. The number of rotatable bonds is 13. The predicted octanol–water partition coefficient (Wildman–Crippen LogP) is 6.56. The number of halogens is 2. The molecule has 8 nitrogen and oxygen atoms in total. The highest BCUT2D eigenvalue weighted by Crippen LogP contribution is 2.32. The number of nitrogens with zero attached hydrogens (tertiary/aromatic N) is 3. The molecule has 3 aromatic rings. The molecular weight excluding hydrogens is 586 g/mol. The molecule has 2 fully saturated rings. The van der Waals surface area contributed by atoms with Gasteiger partial charge in [0, 0.05) is 35.6 Å². The number of imidazole rings is 1. The van der Waals surface area contributed by atoms with Crippen LogP contribution in [0.15, 0.2) is 49.2 Å². The van der Waals surface area contributed by atoms with Crippen LogP contribution in [0.25, 0.3) is 23.2 Å². The molecule has 1 unspecified atom stereocenters. The number of anilines is 1. The molecule has 3 heterocycles. The lowest BCUT2D eigenvalue weighted by molar-refractivity contribution is 0.0934. The first-order valence-electron chi connectivity index (χ1n) is 16.4. The monoisotopic (exact) mass is 632 g/mol. The molecule has 0 saturated carbocycles. The van der Waals surface area contributed by atoms with Crippen molar-refractivity contribution >= 4 is 23.5 Å². The van der Waals surface area contributed by atoms with Crippen molar-refractivity contribution in [2.24, 2.45) is 5.92 Å². The number of hydrogen-bond donors (Lipinski definition) is 3. The van der Waals surface area contributed by atoms with E-state index in [-0.39, 0.29) is 17.2 Å². The summed E-state index contributed by atoms with van der Waals surface area (Å²) in [4.78, 5) is 20.3. The molecule has 0 spiro atoms. The average Bonchev–Trinajstić information content (AvgIpc) is 3.75. The summed E-state index contributed by atoms with van der Waals surface area (Å²) in [6.07, 6.45) is 11.7. The fourth-order valence-corrected chi connectivity index (χ4v) is 6.47. The van der Waals surface area contributed by atoms with Crippen LogP contribution in [0.4, 0.5) is 14.5 Å². The molecule has 5 rings (SSSR count). The van der Waals surface area contributed by atoms with Crippen LogP contribution in [0.1, 0.15) is 67.7 Å². The average molecular weight is 633 g/mol. The van der Waals surface area contributed by atoms with E-state index in [4.69, 9.17) is 4.74 Å². The molecule has 246 valence electrons. The second-order valence-corrected chi connectivity index (χ2v) is 12.2. The van der Waals surface area contributed by atoms with Gasteiger partial charge in [-0.25, -0.2) is 9.37 Å². The number of aryl methyl sites for hydroxylation is 1. The van der Waals surface area contributed by atoms with E-state index in [1.54, 1.807) is 16.8 Å². The number of ether oxygens (including phenoxy) is 1. The highest BCUT2D eigenvalue weighted by atomic mass is 19.2. The van der Waals surface area contributed by atoms with Gasteiger partial charge in [0.15, 0.2) is 17.4 Å². The van der Waals surface area contributed by atoms with Gasteiger partial charge in [0.05, 0.1) is 24.7 Å². The quantitative estimate of drug-likeness (QED) is 0.198. The lowest BCUT2D eigenvalue weighted by atomic mass is 9.96. The number of benzene rings is 2. The first-order valence-corrected chi connectivity index (χ1v) is 16.4. The minimum absolute atomic E-state index is 0.0500. The molecule has 2 aliphatic rings. The third-order valence-electron chi connectivity index (χ3n) is 9.15. The van der Waals surface area contributed by atoms with Crippen molar-refractivity contribution in [3.05, 3.63) is 77.8 Å². The Morgan fingerprint density at radius 3 is 2.67 bits per heavy atom. The Morgan fingerprint density at radius 1 is 1.17 bits per heavy atom. The number of hydrogen-bond acceptors (Lipinski definition) is 6. The zero-order valence-electron chi connectivity index (χ0n) is 27.2. The molecule has 2 aromatic carbocycles. The molecule has 1 amide bonds. The molecule has 0 radical (unpaired) electrons. The van der Waals surface area contributed by atoms with Gasteiger partial charge in [0.2, 0.25) is 5.82 Å². The van der Waals surface area contributed by atoms with Crippen molar-refractivity contribution < 1.29 is 18.3 Å². The van der Waals surface area contributed by atoms with Gasteiger partial charge in [0.25, 0.3) is 5.91 Å². The number of nitrogens with one attached hydrogen (secondary N) is 3. The van der Waals surface area contributed by atoms with Crippen LogP contribution >= 0.6 is 0 Å². The first-order chi connectivity index (χ1) is 22.3. The van der Waals surface area contributed by atoms with E-state index in [1.165, 1.54) is 44.7 Å². The van der Waals surface area contributed by atoms with Gasteiger partial charge in [-0.1, -0.05) is 19.6 Å². The summed E-state index contributed by atoms with van der Waals surface area (Å²) in [6, 6.07) is 9.16. The predicted molar refractivity (Wildman–Crippen MR) is 181 cm³/mol. The van der Waals surface area contributed by atoms with Gasteiger partial charge in [-0.15, -0.1) is 0 Å². The highest BCUT2D eigenvalue weighted by molar-refractivity contribution is 5.96. The molecule has 0 bridgehead atoms. The molecular formula is C36H46F2N6O2. The molecule has 0 aliphatic carbocycles. The van der Waals surface area contributed by atoms with Crippen LogP contribution in [-0.4, -0.2) is 66.2 Å². The van der Waals surface area contributed by atoms with Crippen molar-refractivity contribution in [2.45, 2.75) is 58.4 Å². The fourth-order valence-electron chi connectivity index (χ4n) is 6.47. The van der Waals surface area contributed by atoms with E-state index in [1.807, 2.05) is 32.0 Å². The van der Waals surface area contributed by atoms with E-state index in [9.17, 15) is 13.6 Å². The van der Waals surface area contributed by atoms with E-state index < -0.39 is 11.6 Å². The molecule has 1 atom stereocenters. The second kappa shape index (κ2) is 15.5. The summed E-state index contributed by atoms with van der Waals surface area (Å²) in [5.74, 6) is -1.38. The van der Waals surface area contributed by atoms with Gasteiger partial charge in [-0.2, -0.15) is 4.39 Å². The van der Waals surface area contributed by atoms with Crippen molar-refractivity contribution in [3.63, 3.8) is 0 Å². The van der Waals surface area contributed by atoms with E-state index >= 15 is 0 Å². The van der Waals surface area contributed by atoms with Crippen molar-refractivity contribution in [1.29, 1.82) is 0 Å². The molecule has 2 saturated heterocycles. The number of piperidine rings is 1. The maximum absolute atomic E-state index is 15.0. The topological polar surface area (TPSA) is 83.5 Å². The number of likely N-dealkylation sites (tertiary alicyclic amines) is 1. The molecule has 2 aliphatic heterocycles. The Balaban J connectivity index is 1.20. The maximum Gasteiger partial charge on any atom is 0.251 e. The molecule has 1 aromatic heterocycles. The van der Waals surface area contributed by atoms with Gasteiger partial charge in [0.1, 0.15) is 0 Å². The third kappa shape index (κ3) is 7.67. The first kappa shape index (κ1) is 33.3. The van der Waals surface area contributed by atoms with Crippen molar-refractivity contribution in [2.75, 3.05) is 45.2 Å². The Labute approximate surface area is 270 Å². The van der Waals surface area contributed by atoms with Gasteiger partial charge in [-0.3, -0.25) is 9.36 Å². The number of carbonyl (C=O) groups is 1. The van der Waals surface area contributed by atoms with E-state index in [2.05, 4.69) is 32.4 Å². The fraction of sp³-hybridized carbons (Fsp3) is 0.444. The van der Waals surface area contributed by atoms with Crippen LogP contribution in [0.2, 0.25) is 0 Å². The largest absolute Gasteiger partial charge is 0.494 e. The minimum Gasteiger partial charge on any atom is -0.494 e. The molecule has 46 heavy (non-hydrogen) atoms. The Hall–Kier alpha value is -4.02. The number of allylic oxidation sites excluding steroid dienone is 1. The summed E-state index contributed by atoms with van der Waals surface area (Å²) >= 11 is 0. The van der Waals surface area contributed by atoms with Gasteiger partial charge >= 0.3 is 0 Å². The normalized spacial score (nSPS) is 17.5. The smallest absolute Gasteiger partial charge is 0.251 e. The van der Waals surface area contributed by atoms with E-state index in [0.29, 0.717) is 47.7 Å². The lowest BCUT2D eigenvalue weighted by Gasteiger charge is -2.32. The van der Waals surface area contributed by atoms with Crippen LogP contribution in [0.5, 0.6) is 5.75 Å². The third-order valence-corrected chi connectivity index (χ3v) is 9.15. The Morgan fingerprint density at radius 2 is 1.98 bits per heavy atom. The number of amides is 1. The Kier molecular flexibility index (Phi) is 11.2. The lowest BCUT2D eigenvalue weighted by Crippen LogP contribution is -2.40. The minimum atomic E-state index is -1.06. The van der Waals surface area contributed by atoms with Crippen LogP contribution in [-0.2, 0) is 6.42 Å². The number of carbonyl (C=O) groups excluding carboxylic acids is 1.